The Morgan fingerprint density at radius 3 is 2.69 bits per heavy atom. The second kappa shape index (κ2) is 8.99. The number of hydrogen-bond acceptors (Lipinski definition) is 9. The Kier molecular flexibility index (Phi) is 6.19. The fourth-order valence-electron chi connectivity index (χ4n) is 2.74. The summed E-state index contributed by atoms with van der Waals surface area (Å²) in [6.07, 6.45) is 1.17. The van der Waals surface area contributed by atoms with Gasteiger partial charge in [-0.15, -0.1) is 0 Å². The maximum atomic E-state index is 12.7. The Labute approximate surface area is 179 Å². The second-order valence-corrected chi connectivity index (χ2v) is 6.37. The molecule has 166 valence electrons. The highest BCUT2D eigenvalue weighted by molar-refractivity contribution is 6.14. The minimum Gasteiger partial charge on any atom is -0.483 e. The van der Waals surface area contributed by atoms with Crippen molar-refractivity contribution in [2.24, 2.45) is 5.73 Å². The van der Waals surface area contributed by atoms with Gasteiger partial charge in [0.05, 0.1) is 18.6 Å². The molecule has 13 heteroatoms. The molecule has 0 radical (unpaired) electrons. The van der Waals surface area contributed by atoms with Crippen molar-refractivity contribution in [1.82, 2.24) is 10.2 Å². The van der Waals surface area contributed by atoms with Crippen molar-refractivity contribution in [3.8, 4) is 5.75 Å². The van der Waals surface area contributed by atoms with Crippen LogP contribution in [0.4, 0.5) is 10.5 Å². The lowest BCUT2D eigenvalue weighted by Gasteiger charge is -2.09. The van der Waals surface area contributed by atoms with Crippen LogP contribution in [-0.2, 0) is 20.9 Å². The van der Waals surface area contributed by atoms with E-state index >= 15 is 0 Å². The van der Waals surface area contributed by atoms with Crippen LogP contribution in [0.15, 0.2) is 40.4 Å². The molecule has 2 heterocycles. The number of ether oxygens (including phenoxy) is 2. The maximum absolute atomic E-state index is 12.7. The number of nitrogens with one attached hydrogen (secondary N) is 1. The molecule has 1 aliphatic rings. The summed E-state index contributed by atoms with van der Waals surface area (Å²) in [6.45, 7) is -0.777. The van der Waals surface area contributed by atoms with Gasteiger partial charge >= 0.3 is 12.0 Å². The van der Waals surface area contributed by atoms with Crippen LogP contribution in [0.5, 0.6) is 5.75 Å². The summed E-state index contributed by atoms with van der Waals surface area (Å²) < 4.78 is 15.0. The first-order valence-corrected chi connectivity index (χ1v) is 8.90. The number of amides is 4. The molecule has 1 aliphatic heterocycles. The third-order valence-corrected chi connectivity index (χ3v) is 4.20. The van der Waals surface area contributed by atoms with Crippen LogP contribution < -0.4 is 15.8 Å². The zero-order valence-corrected chi connectivity index (χ0v) is 16.5. The number of nitrogens with zero attached hydrogens (tertiary/aromatic N) is 2. The van der Waals surface area contributed by atoms with Gasteiger partial charge in [-0.25, -0.2) is 9.59 Å². The quantitative estimate of drug-likeness (QED) is 0.196. The van der Waals surface area contributed by atoms with Gasteiger partial charge < -0.3 is 24.9 Å². The number of carbonyl (C=O) groups is 4. The first-order valence-electron chi connectivity index (χ1n) is 8.90. The molecule has 0 saturated carbocycles. The van der Waals surface area contributed by atoms with Gasteiger partial charge in [-0.1, -0.05) is 0 Å². The fourth-order valence-corrected chi connectivity index (χ4v) is 2.74. The van der Waals surface area contributed by atoms with Crippen molar-refractivity contribution in [1.29, 1.82) is 0 Å². The molecular formula is C19H16N4O9. The van der Waals surface area contributed by atoms with Crippen LogP contribution in [0.3, 0.4) is 0 Å². The number of primary amides is 1. The Morgan fingerprint density at radius 2 is 2.03 bits per heavy atom. The first-order chi connectivity index (χ1) is 15.2. The molecule has 1 aromatic carbocycles. The number of nitro groups is 1. The second-order valence-electron chi connectivity index (χ2n) is 6.37. The van der Waals surface area contributed by atoms with Gasteiger partial charge in [-0.05, 0) is 24.3 Å². The van der Waals surface area contributed by atoms with Gasteiger partial charge in [0.25, 0.3) is 17.5 Å². The molecule has 0 spiro atoms. The van der Waals surface area contributed by atoms with E-state index in [2.05, 4.69) is 10.1 Å². The molecule has 4 amide bonds. The van der Waals surface area contributed by atoms with Gasteiger partial charge in [0.1, 0.15) is 17.2 Å². The van der Waals surface area contributed by atoms with Crippen LogP contribution in [0, 0.1) is 10.1 Å². The molecule has 0 unspecified atom stereocenters. The maximum Gasteiger partial charge on any atom is 0.373 e. The summed E-state index contributed by atoms with van der Waals surface area (Å²) in [6, 6.07) is 5.47. The molecule has 1 aromatic heterocycles. The zero-order valence-electron chi connectivity index (χ0n) is 16.5. The van der Waals surface area contributed by atoms with E-state index in [4.69, 9.17) is 14.9 Å². The summed E-state index contributed by atoms with van der Waals surface area (Å²) in [7, 11) is 1.17. The number of esters is 1. The number of non-ortho nitro benzene ring substituents is 1. The number of imide groups is 1. The van der Waals surface area contributed by atoms with Crippen molar-refractivity contribution in [2.75, 3.05) is 13.7 Å². The topological polar surface area (TPSA) is 184 Å². The molecular weight excluding hydrogens is 428 g/mol. The number of urea groups is 1. The number of hydrogen-bond donors (Lipinski definition) is 2. The van der Waals surface area contributed by atoms with E-state index in [-0.39, 0.29) is 40.8 Å². The number of rotatable bonds is 8. The Hall–Kier alpha value is -4.68. The fraction of sp³-hybridized carbons (Fsp3) is 0.158. The molecule has 3 N–H and O–H groups in total. The predicted octanol–water partition coefficient (Wildman–Crippen LogP) is 0.931. The van der Waals surface area contributed by atoms with E-state index in [1.165, 1.54) is 31.4 Å². The molecule has 0 aliphatic carbocycles. The average Bonchev–Trinajstić information content (AvgIpc) is 3.32. The van der Waals surface area contributed by atoms with E-state index in [0.717, 1.165) is 17.0 Å². The van der Waals surface area contributed by atoms with Crippen molar-refractivity contribution < 1.29 is 38.0 Å². The van der Waals surface area contributed by atoms with Crippen molar-refractivity contribution in [2.45, 2.75) is 6.54 Å². The molecule has 1 saturated heterocycles. The van der Waals surface area contributed by atoms with Crippen LogP contribution >= 0.6 is 0 Å². The molecule has 13 nitrogen and oxygen atoms in total. The number of nitro benzene ring substituents is 1. The highest BCUT2D eigenvalue weighted by Crippen LogP contribution is 2.28. The summed E-state index contributed by atoms with van der Waals surface area (Å²) in [5.74, 6) is -2.16. The van der Waals surface area contributed by atoms with Crippen molar-refractivity contribution in [3.05, 3.63) is 63.2 Å². The van der Waals surface area contributed by atoms with Crippen LogP contribution in [0.1, 0.15) is 21.9 Å². The Balaban J connectivity index is 1.86. The largest absolute Gasteiger partial charge is 0.483 e. The lowest BCUT2D eigenvalue weighted by atomic mass is 10.1. The van der Waals surface area contributed by atoms with Gasteiger partial charge in [0.2, 0.25) is 5.76 Å². The standard InChI is InChI=1S/C19H16N4O9/c1-30-18(26)15-5-3-12(32-15)8-22-17(25)13(21-19(22)27)7-10-6-11(23(28)29)2-4-14(10)31-9-16(20)24/h2-7H,8-9H2,1H3,(H2,20,24)(H,21,27)/b13-7-. The third kappa shape index (κ3) is 4.72. The number of methoxy groups -OCH3 is 1. The smallest absolute Gasteiger partial charge is 0.373 e. The Bertz CT molecular complexity index is 1150. The van der Waals surface area contributed by atoms with Gasteiger partial charge in [0.15, 0.2) is 6.61 Å². The summed E-state index contributed by atoms with van der Waals surface area (Å²) in [5, 5.41) is 13.4. The minimum atomic E-state index is -0.776. The summed E-state index contributed by atoms with van der Waals surface area (Å²) in [5.41, 5.74) is 4.62. The summed E-state index contributed by atoms with van der Waals surface area (Å²) in [4.78, 5) is 58.7. The molecule has 32 heavy (non-hydrogen) atoms. The highest BCUT2D eigenvalue weighted by atomic mass is 16.6. The van der Waals surface area contributed by atoms with Crippen molar-refractivity contribution in [3.63, 3.8) is 0 Å². The lowest BCUT2D eigenvalue weighted by Crippen LogP contribution is -2.30. The molecule has 3 rings (SSSR count). The van der Waals surface area contributed by atoms with E-state index < -0.39 is 35.3 Å². The monoisotopic (exact) mass is 444 g/mol. The van der Waals surface area contributed by atoms with Gasteiger partial charge in [-0.3, -0.25) is 24.6 Å². The number of furan rings is 1. The minimum absolute atomic E-state index is 0.0381. The van der Waals surface area contributed by atoms with Gasteiger partial charge in [0, 0.05) is 17.7 Å². The normalized spacial score (nSPS) is 14.4. The van der Waals surface area contributed by atoms with E-state index in [1.54, 1.807) is 0 Å². The SMILES string of the molecule is COC(=O)c1ccc(CN2C(=O)N/C(=C\c3cc([N+](=O)[O-])ccc3OCC(N)=O)C2=O)o1. The van der Waals surface area contributed by atoms with E-state index in [9.17, 15) is 29.3 Å². The molecule has 0 atom stereocenters. The summed E-state index contributed by atoms with van der Waals surface area (Å²) >= 11 is 0. The van der Waals surface area contributed by atoms with Gasteiger partial charge in [-0.2, -0.15) is 0 Å². The number of benzene rings is 1. The van der Waals surface area contributed by atoms with E-state index in [1.807, 2.05) is 0 Å². The average molecular weight is 444 g/mol. The molecule has 1 fully saturated rings. The highest BCUT2D eigenvalue weighted by Gasteiger charge is 2.34. The number of nitrogens with two attached hydrogens (primary N) is 1. The Morgan fingerprint density at radius 1 is 1.28 bits per heavy atom. The van der Waals surface area contributed by atoms with E-state index in [0.29, 0.717) is 0 Å². The first kappa shape index (κ1) is 22.0. The van der Waals surface area contributed by atoms with Crippen molar-refractivity contribution >= 4 is 35.6 Å². The van der Waals surface area contributed by atoms with Crippen LogP contribution in [0.25, 0.3) is 6.08 Å². The zero-order chi connectivity index (χ0) is 23.4. The van der Waals surface area contributed by atoms with Crippen LogP contribution in [0.2, 0.25) is 0 Å². The molecule has 0 bridgehead atoms. The predicted molar refractivity (Wildman–Crippen MR) is 105 cm³/mol. The lowest BCUT2D eigenvalue weighted by molar-refractivity contribution is -0.384. The van der Waals surface area contributed by atoms with Crippen LogP contribution in [-0.4, -0.2) is 47.4 Å². The third-order valence-electron chi connectivity index (χ3n) is 4.20. The number of carbonyl (C=O) groups excluding carboxylic acids is 4. The molecule has 2 aromatic rings.